The summed E-state index contributed by atoms with van der Waals surface area (Å²) in [5.41, 5.74) is -0.0530. The number of rotatable bonds is 5. The van der Waals surface area contributed by atoms with Crippen molar-refractivity contribution in [2.45, 2.75) is 24.5 Å². The molecule has 0 aromatic carbocycles. The van der Waals surface area contributed by atoms with E-state index in [1.54, 1.807) is 0 Å². The first-order chi connectivity index (χ1) is 10.2. The summed E-state index contributed by atoms with van der Waals surface area (Å²) >= 11 is 0. The largest absolute Gasteiger partial charge is 0.477 e. The molecule has 4 atom stereocenters. The van der Waals surface area contributed by atoms with Crippen LogP contribution in [-0.2, 0) is 13.8 Å². The highest BCUT2D eigenvalue weighted by Gasteiger charge is 2.48. The van der Waals surface area contributed by atoms with E-state index in [0.29, 0.717) is 0 Å². The molecule has 22 heavy (non-hydrogen) atoms. The van der Waals surface area contributed by atoms with Gasteiger partial charge in [0, 0.05) is 6.07 Å². The normalized spacial score (nSPS) is 28.7. The highest BCUT2D eigenvalue weighted by atomic mass is 31.2. The van der Waals surface area contributed by atoms with Crippen LogP contribution in [-0.4, -0.2) is 56.0 Å². The minimum Gasteiger partial charge on any atom is -0.477 e. The maximum absolute atomic E-state index is 10.9. The number of carboxylic acid groups (broad SMARTS) is 1. The predicted octanol–water partition coefficient (Wildman–Crippen LogP) is -1.60. The molecule has 1 aliphatic rings. The van der Waals surface area contributed by atoms with Gasteiger partial charge in [-0.3, -0.25) is 4.52 Å². The molecule has 4 unspecified atom stereocenters. The van der Waals surface area contributed by atoms with Gasteiger partial charge in [-0.2, -0.15) is 4.57 Å². The second-order valence-electron chi connectivity index (χ2n) is 4.68. The second kappa shape index (κ2) is 6.39. The Morgan fingerprint density at radius 1 is 1.36 bits per heavy atom. The number of aromatic carboxylic acids is 1. The Bertz CT molecular complexity index is 603. The van der Waals surface area contributed by atoms with Crippen LogP contribution in [0.25, 0.3) is 0 Å². The summed E-state index contributed by atoms with van der Waals surface area (Å²) in [5.74, 6) is -1.18. The predicted molar refractivity (Wildman–Crippen MR) is 67.5 cm³/mol. The van der Waals surface area contributed by atoms with Gasteiger partial charge in [-0.05, 0) is 6.07 Å². The zero-order valence-electron chi connectivity index (χ0n) is 11.1. The molecule has 122 valence electrons. The van der Waals surface area contributed by atoms with E-state index in [1.807, 2.05) is 0 Å². The van der Waals surface area contributed by atoms with E-state index >= 15 is 0 Å². The molecule has 0 saturated carbocycles. The first-order valence-corrected chi connectivity index (χ1v) is 7.68. The summed E-state index contributed by atoms with van der Waals surface area (Å²) in [7, 11) is -4.73. The van der Waals surface area contributed by atoms with E-state index in [9.17, 15) is 19.6 Å². The lowest BCUT2D eigenvalue weighted by molar-refractivity contribution is -0.765. The Hall–Kier alpha value is -1.39. The van der Waals surface area contributed by atoms with Crippen molar-refractivity contribution >= 4 is 13.8 Å². The highest BCUT2D eigenvalue weighted by Crippen LogP contribution is 2.37. The minimum atomic E-state index is -4.73. The van der Waals surface area contributed by atoms with Crippen molar-refractivity contribution in [2.24, 2.45) is 0 Å². The van der Waals surface area contributed by atoms with E-state index in [4.69, 9.17) is 19.6 Å². The van der Waals surface area contributed by atoms with Crippen molar-refractivity contribution in [1.82, 2.24) is 0 Å². The van der Waals surface area contributed by atoms with Crippen molar-refractivity contribution < 1.29 is 48.3 Å². The van der Waals surface area contributed by atoms with Crippen LogP contribution in [0.4, 0.5) is 0 Å². The summed E-state index contributed by atoms with van der Waals surface area (Å²) < 4.78 is 21.4. The monoisotopic (exact) mass is 336 g/mol. The van der Waals surface area contributed by atoms with E-state index in [1.165, 1.54) is 29.1 Å². The fourth-order valence-electron chi connectivity index (χ4n) is 2.06. The highest BCUT2D eigenvalue weighted by molar-refractivity contribution is 7.46. The van der Waals surface area contributed by atoms with Crippen LogP contribution in [0.1, 0.15) is 16.6 Å². The van der Waals surface area contributed by atoms with Gasteiger partial charge >= 0.3 is 13.8 Å². The third-order valence-electron chi connectivity index (χ3n) is 3.11. The van der Waals surface area contributed by atoms with E-state index in [-0.39, 0.29) is 5.56 Å². The summed E-state index contributed by atoms with van der Waals surface area (Å²) in [6, 6.07) is 2.76. The molecule has 1 fully saturated rings. The lowest BCUT2D eigenvalue weighted by Gasteiger charge is -2.13. The molecule has 1 aliphatic heterocycles. The first kappa shape index (κ1) is 17.0. The number of phosphoric ester groups is 1. The van der Waals surface area contributed by atoms with Crippen molar-refractivity contribution in [3.63, 3.8) is 0 Å². The van der Waals surface area contributed by atoms with Gasteiger partial charge in [0.25, 0.3) is 6.23 Å². The third kappa shape index (κ3) is 3.87. The Morgan fingerprint density at radius 3 is 2.64 bits per heavy atom. The molecule has 2 heterocycles. The van der Waals surface area contributed by atoms with E-state index in [2.05, 4.69) is 4.52 Å². The molecular formula is C11H15NO9P+. The molecule has 10 nitrogen and oxygen atoms in total. The van der Waals surface area contributed by atoms with Gasteiger partial charge in [-0.15, -0.1) is 0 Å². The van der Waals surface area contributed by atoms with Crippen LogP contribution < -0.4 is 4.57 Å². The molecule has 5 N–H and O–H groups in total. The van der Waals surface area contributed by atoms with Gasteiger partial charge in [0.05, 0.1) is 6.61 Å². The number of aromatic nitrogens is 1. The molecule has 2 rings (SSSR count). The number of pyridine rings is 1. The van der Waals surface area contributed by atoms with Crippen LogP contribution in [0.2, 0.25) is 0 Å². The molecule has 0 amide bonds. The Morgan fingerprint density at radius 2 is 2.05 bits per heavy atom. The number of hydrogen-bond donors (Lipinski definition) is 5. The lowest BCUT2D eigenvalue weighted by atomic mass is 10.1. The van der Waals surface area contributed by atoms with Gasteiger partial charge in [-0.25, -0.2) is 9.36 Å². The van der Waals surface area contributed by atoms with Crippen molar-refractivity contribution in [2.75, 3.05) is 6.61 Å². The SMILES string of the molecule is O=C(O)c1ccc[n+](C2OC(COP(=O)(O)O)C(O)C2O)c1. The molecule has 1 aromatic rings. The van der Waals surface area contributed by atoms with Crippen molar-refractivity contribution in [3.05, 3.63) is 30.1 Å². The number of carbonyl (C=O) groups is 1. The Labute approximate surface area is 124 Å². The topological polar surface area (TPSA) is 158 Å². The summed E-state index contributed by atoms with van der Waals surface area (Å²) in [4.78, 5) is 28.2. The van der Waals surface area contributed by atoms with Gasteiger partial charge in [0.1, 0.15) is 17.8 Å². The van der Waals surface area contributed by atoms with Crippen LogP contribution >= 0.6 is 7.82 Å². The van der Waals surface area contributed by atoms with E-state index in [0.717, 1.165) is 0 Å². The summed E-state index contributed by atoms with van der Waals surface area (Å²) in [6.07, 6.45) is -2.51. The number of phosphoric acid groups is 1. The number of aliphatic hydroxyl groups excluding tert-OH is 2. The van der Waals surface area contributed by atoms with Gasteiger partial charge in [0.15, 0.2) is 18.5 Å². The molecule has 11 heteroatoms. The quantitative estimate of drug-likeness (QED) is 0.315. The lowest BCUT2D eigenvalue weighted by Crippen LogP contribution is -2.46. The molecule has 1 aromatic heterocycles. The Kier molecular flexibility index (Phi) is 4.93. The zero-order chi connectivity index (χ0) is 16.5. The van der Waals surface area contributed by atoms with Gasteiger partial charge < -0.3 is 29.8 Å². The van der Waals surface area contributed by atoms with Gasteiger partial charge in [-0.1, -0.05) is 0 Å². The number of nitrogens with zero attached hydrogens (tertiary/aromatic N) is 1. The minimum absolute atomic E-state index is 0.0530. The molecule has 0 spiro atoms. The van der Waals surface area contributed by atoms with Crippen LogP contribution in [0.3, 0.4) is 0 Å². The molecule has 1 saturated heterocycles. The van der Waals surface area contributed by atoms with Crippen LogP contribution in [0.5, 0.6) is 0 Å². The number of ether oxygens (including phenoxy) is 1. The fraction of sp³-hybridized carbons (Fsp3) is 0.455. The fourth-order valence-corrected chi connectivity index (χ4v) is 2.40. The molecule has 0 bridgehead atoms. The average molecular weight is 336 g/mol. The molecular weight excluding hydrogens is 321 g/mol. The van der Waals surface area contributed by atoms with Crippen molar-refractivity contribution in [1.29, 1.82) is 0 Å². The van der Waals surface area contributed by atoms with Gasteiger partial charge in [0.2, 0.25) is 0 Å². The molecule has 0 radical (unpaired) electrons. The summed E-state index contributed by atoms with van der Waals surface area (Å²) in [6.45, 7) is -0.627. The standard InChI is InChI=1S/C11H14NO9P/c13-8-7(5-20-22(17,18)19)21-10(9(8)14)12-3-1-2-6(4-12)11(15)16/h1-4,7-10,13-14H,5H2,(H2-,15,16,17,18,19)/p+1. The zero-order valence-corrected chi connectivity index (χ0v) is 12.0. The first-order valence-electron chi connectivity index (χ1n) is 6.15. The number of carboxylic acids is 1. The Balaban J connectivity index is 2.14. The molecule has 0 aliphatic carbocycles. The maximum atomic E-state index is 10.9. The summed E-state index contributed by atoms with van der Waals surface area (Å²) in [5, 5.41) is 28.7. The maximum Gasteiger partial charge on any atom is 0.469 e. The third-order valence-corrected chi connectivity index (χ3v) is 3.59. The second-order valence-corrected chi connectivity index (χ2v) is 5.92. The smallest absolute Gasteiger partial charge is 0.469 e. The van der Waals surface area contributed by atoms with Crippen molar-refractivity contribution in [3.8, 4) is 0 Å². The average Bonchev–Trinajstić information content (AvgIpc) is 2.72. The van der Waals surface area contributed by atoms with Crippen LogP contribution in [0, 0.1) is 0 Å². The number of aliphatic hydroxyl groups is 2. The van der Waals surface area contributed by atoms with E-state index < -0.39 is 44.9 Å². The number of hydrogen-bond acceptors (Lipinski definition) is 6. The van der Waals surface area contributed by atoms with Crippen LogP contribution in [0.15, 0.2) is 24.5 Å².